The van der Waals surface area contributed by atoms with Crippen LogP contribution in [0.5, 0.6) is 0 Å². The average molecular weight is 298 g/mol. The van der Waals surface area contributed by atoms with Crippen LogP contribution in [-0.2, 0) is 16.6 Å². The summed E-state index contributed by atoms with van der Waals surface area (Å²) < 4.78 is 29.4. The number of nitrogens with two attached hydrogens (primary N) is 1. The molecule has 0 spiro atoms. The lowest BCUT2D eigenvalue weighted by Gasteiger charge is -2.22. The van der Waals surface area contributed by atoms with Gasteiger partial charge in [0.1, 0.15) is 4.90 Å². The Kier molecular flexibility index (Phi) is 3.50. The number of fused-ring (bicyclic) bond motifs is 2. The van der Waals surface area contributed by atoms with Crippen LogP contribution in [0.4, 0.5) is 5.82 Å². The summed E-state index contributed by atoms with van der Waals surface area (Å²) in [5.74, 6) is 1.30. The van der Waals surface area contributed by atoms with E-state index in [1.807, 2.05) is 6.92 Å². The van der Waals surface area contributed by atoms with Crippen LogP contribution < -0.4 is 10.5 Å². The molecule has 2 fully saturated rings. The van der Waals surface area contributed by atoms with Crippen molar-refractivity contribution in [3.8, 4) is 0 Å². The molecule has 1 aromatic rings. The van der Waals surface area contributed by atoms with E-state index in [9.17, 15) is 8.42 Å². The minimum atomic E-state index is -3.55. The number of hydrogen-bond acceptors (Lipinski definition) is 4. The van der Waals surface area contributed by atoms with Crippen molar-refractivity contribution >= 4 is 15.8 Å². The summed E-state index contributed by atoms with van der Waals surface area (Å²) in [4.78, 5) is 0.119. The topological polar surface area (TPSA) is 90.0 Å². The standard InChI is InChI=1S/C13H22N4O2S/c1-2-5-17-8-12(13(14)15-17)20(18,19)16-11-7-9-3-4-10(11)6-9/h8-11,16H,2-7H2,1H3,(H2,14,15). The fraction of sp³-hybridized carbons (Fsp3) is 0.769. The van der Waals surface area contributed by atoms with Crippen molar-refractivity contribution < 1.29 is 8.42 Å². The number of anilines is 1. The summed E-state index contributed by atoms with van der Waals surface area (Å²) in [5, 5.41) is 4.06. The largest absolute Gasteiger partial charge is 0.381 e. The summed E-state index contributed by atoms with van der Waals surface area (Å²) in [6.07, 6.45) is 6.95. The lowest BCUT2D eigenvalue weighted by Crippen LogP contribution is -2.38. The highest BCUT2D eigenvalue weighted by Gasteiger charge is 2.41. The smallest absolute Gasteiger partial charge is 0.246 e. The molecule has 0 radical (unpaired) electrons. The Morgan fingerprint density at radius 3 is 2.85 bits per heavy atom. The molecule has 3 rings (SSSR count). The number of sulfonamides is 1. The van der Waals surface area contributed by atoms with Gasteiger partial charge in [0, 0.05) is 18.8 Å². The lowest BCUT2D eigenvalue weighted by atomic mass is 9.96. The van der Waals surface area contributed by atoms with Crippen molar-refractivity contribution in [2.45, 2.75) is 56.5 Å². The van der Waals surface area contributed by atoms with E-state index in [-0.39, 0.29) is 16.8 Å². The third-order valence-corrected chi connectivity index (χ3v) is 6.05. The highest BCUT2D eigenvalue weighted by atomic mass is 32.2. The lowest BCUT2D eigenvalue weighted by molar-refractivity contribution is 0.390. The van der Waals surface area contributed by atoms with Crippen LogP contribution in [0.1, 0.15) is 39.0 Å². The predicted octanol–water partition coefficient (Wildman–Crippen LogP) is 1.34. The number of nitrogens with zero attached hydrogens (tertiary/aromatic N) is 2. The van der Waals surface area contributed by atoms with Gasteiger partial charge in [0.25, 0.3) is 0 Å². The van der Waals surface area contributed by atoms with Gasteiger partial charge in [-0.3, -0.25) is 4.68 Å². The van der Waals surface area contributed by atoms with Crippen LogP contribution in [0.2, 0.25) is 0 Å². The van der Waals surface area contributed by atoms with Crippen LogP contribution in [0.15, 0.2) is 11.1 Å². The molecule has 2 aliphatic carbocycles. The summed E-state index contributed by atoms with van der Waals surface area (Å²) >= 11 is 0. The van der Waals surface area contributed by atoms with Crippen molar-refractivity contribution in [2.24, 2.45) is 11.8 Å². The Hall–Kier alpha value is -1.08. The van der Waals surface area contributed by atoms with E-state index in [0.717, 1.165) is 25.7 Å². The van der Waals surface area contributed by atoms with Crippen molar-refractivity contribution in [1.29, 1.82) is 0 Å². The average Bonchev–Trinajstić information content (AvgIpc) is 3.04. The molecule has 2 aliphatic rings. The first-order valence-corrected chi connectivity index (χ1v) is 8.83. The molecule has 0 aromatic carbocycles. The Morgan fingerprint density at radius 1 is 1.45 bits per heavy atom. The number of hydrogen-bond donors (Lipinski definition) is 2. The molecule has 0 aliphatic heterocycles. The van der Waals surface area contributed by atoms with E-state index in [4.69, 9.17) is 5.73 Å². The first kappa shape index (κ1) is 13.9. The second kappa shape index (κ2) is 5.04. The third-order valence-electron chi connectivity index (χ3n) is 4.54. The SMILES string of the molecule is CCCn1cc(S(=O)(=O)NC2CC3CCC2C3)c(N)n1. The van der Waals surface area contributed by atoms with Gasteiger partial charge in [-0.05, 0) is 37.5 Å². The van der Waals surface area contributed by atoms with Crippen LogP contribution in [0.3, 0.4) is 0 Å². The number of nitrogens with one attached hydrogen (secondary N) is 1. The van der Waals surface area contributed by atoms with E-state index in [0.29, 0.717) is 18.4 Å². The Balaban J connectivity index is 1.78. The molecular formula is C13H22N4O2S. The summed E-state index contributed by atoms with van der Waals surface area (Å²) in [6.45, 7) is 2.69. The van der Waals surface area contributed by atoms with Gasteiger partial charge in [-0.15, -0.1) is 0 Å². The van der Waals surface area contributed by atoms with Crippen LogP contribution in [0, 0.1) is 11.8 Å². The molecule has 0 amide bonds. The molecule has 112 valence electrons. The molecule has 2 bridgehead atoms. The molecule has 7 heteroatoms. The van der Waals surface area contributed by atoms with Crippen LogP contribution in [-0.4, -0.2) is 24.2 Å². The van der Waals surface area contributed by atoms with Gasteiger partial charge in [0.2, 0.25) is 10.0 Å². The molecule has 6 nitrogen and oxygen atoms in total. The van der Waals surface area contributed by atoms with E-state index < -0.39 is 10.0 Å². The van der Waals surface area contributed by atoms with Gasteiger partial charge in [0.15, 0.2) is 5.82 Å². The molecule has 3 N–H and O–H groups in total. The maximum absolute atomic E-state index is 12.5. The van der Waals surface area contributed by atoms with Crippen molar-refractivity contribution in [3.63, 3.8) is 0 Å². The maximum Gasteiger partial charge on any atom is 0.246 e. The Labute approximate surface area is 119 Å². The molecular weight excluding hydrogens is 276 g/mol. The second-order valence-electron chi connectivity index (χ2n) is 6.04. The fourth-order valence-electron chi connectivity index (χ4n) is 3.62. The molecule has 3 atom stereocenters. The highest BCUT2D eigenvalue weighted by molar-refractivity contribution is 7.89. The van der Waals surface area contributed by atoms with Gasteiger partial charge >= 0.3 is 0 Å². The van der Waals surface area contributed by atoms with Crippen LogP contribution in [0.25, 0.3) is 0 Å². The minimum absolute atomic E-state index is 0.0766. The monoisotopic (exact) mass is 298 g/mol. The van der Waals surface area contributed by atoms with E-state index in [1.165, 1.54) is 12.6 Å². The van der Waals surface area contributed by atoms with Gasteiger partial charge in [0.05, 0.1) is 0 Å². The Morgan fingerprint density at radius 2 is 2.25 bits per heavy atom. The second-order valence-corrected chi connectivity index (χ2v) is 7.73. The molecule has 1 heterocycles. The predicted molar refractivity (Wildman–Crippen MR) is 76.5 cm³/mol. The fourth-order valence-corrected chi connectivity index (χ4v) is 5.01. The van der Waals surface area contributed by atoms with Crippen LogP contribution >= 0.6 is 0 Å². The van der Waals surface area contributed by atoms with Crippen molar-refractivity contribution in [1.82, 2.24) is 14.5 Å². The summed E-state index contributed by atoms with van der Waals surface area (Å²) in [6, 6.07) is 0.0766. The Bertz CT molecular complexity index is 596. The molecule has 0 saturated heterocycles. The number of rotatable bonds is 5. The van der Waals surface area contributed by atoms with E-state index >= 15 is 0 Å². The summed E-state index contributed by atoms with van der Waals surface area (Å²) in [7, 11) is -3.55. The van der Waals surface area contributed by atoms with Crippen molar-refractivity contribution in [3.05, 3.63) is 6.20 Å². The quantitative estimate of drug-likeness (QED) is 0.858. The first-order chi connectivity index (χ1) is 9.49. The molecule has 3 unspecified atom stereocenters. The normalized spacial score (nSPS) is 29.1. The summed E-state index contributed by atoms with van der Waals surface area (Å²) in [5.41, 5.74) is 5.76. The highest BCUT2D eigenvalue weighted by Crippen LogP contribution is 2.44. The number of aromatic nitrogens is 2. The third kappa shape index (κ3) is 2.44. The zero-order chi connectivity index (χ0) is 14.3. The van der Waals surface area contributed by atoms with E-state index in [2.05, 4.69) is 9.82 Å². The molecule has 2 saturated carbocycles. The first-order valence-electron chi connectivity index (χ1n) is 7.35. The molecule has 20 heavy (non-hydrogen) atoms. The van der Waals surface area contributed by atoms with Gasteiger partial charge < -0.3 is 5.73 Å². The zero-order valence-electron chi connectivity index (χ0n) is 11.7. The number of nitrogen functional groups attached to an aromatic ring is 1. The van der Waals surface area contributed by atoms with Crippen molar-refractivity contribution in [2.75, 3.05) is 5.73 Å². The minimum Gasteiger partial charge on any atom is -0.381 e. The maximum atomic E-state index is 12.5. The van der Waals surface area contributed by atoms with E-state index in [1.54, 1.807) is 4.68 Å². The molecule has 1 aromatic heterocycles. The van der Waals surface area contributed by atoms with Gasteiger partial charge in [-0.25, -0.2) is 13.1 Å². The zero-order valence-corrected chi connectivity index (χ0v) is 12.6. The number of aryl methyl sites for hydroxylation is 1. The van der Waals surface area contributed by atoms with Gasteiger partial charge in [-0.1, -0.05) is 13.3 Å². The van der Waals surface area contributed by atoms with Gasteiger partial charge in [-0.2, -0.15) is 5.10 Å².